The Morgan fingerprint density at radius 1 is 0.545 bits per heavy atom. The van der Waals surface area contributed by atoms with Crippen LogP contribution in [0, 0.1) is 11.8 Å². The quantitative estimate of drug-likeness (QED) is 0.0359. The van der Waals surface area contributed by atoms with Crippen LogP contribution in [0.2, 0.25) is 0 Å². The standard InChI is InChI=1S/C58H70N2O6/c1-4-7-10-13-38-15-21-40(22-16-38)42-25-31-45(32-26-42)65-49-35-47(59)51-53(55(49)61)58(64)52-48(60-44-29-19-37(20-30-44)12-9-6-3)36-50(56(62)54(52)57(51)63)66-46-33-27-43(28-34-46)41-23-17-39(18-24-41)14-11-8-5-2/h19-20,25-36,38-41,60-62H,4-18,21-24,59H2,1-3H3. The largest absolute Gasteiger partial charge is 0.504 e. The molecule has 0 radical (unpaired) electrons. The van der Waals surface area contributed by atoms with Crippen molar-refractivity contribution in [2.45, 2.75) is 155 Å². The summed E-state index contributed by atoms with van der Waals surface area (Å²) in [4.78, 5) is 29.4. The summed E-state index contributed by atoms with van der Waals surface area (Å²) in [5.74, 6) is 1.21. The Kier molecular flexibility index (Phi) is 15.4. The van der Waals surface area contributed by atoms with Crippen molar-refractivity contribution in [3.63, 3.8) is 0 Å². The van der Waals surface area contributed by atoms with Crippen LogP contribution in [0.4, 0.5) is 17.1 Å². The van der Waals surface area contributed by atoms with E-state index >= 15 is 0 Å². The number of rotatable bonds is 19. The molecule has 5 N–H and O–H groups in total. The minimum Gasteiger partial charge on any atom is -0.504 e. The molecule has 0 unspecified atom stereocenters. The van der Waals surface area contributed by atoms with E-state index in [4.69, 9.17) is 15.2 Å². The number of carbonyl (C=O) groups excluding carboxylic acids is 2. The summed E-state index contributed by atoms with van der Waals surface area (Å²) < 4.78 is 12.6. The van der Waals surface area contributed by atoms with Gasteiger partial charge in [-0.15, -0.1) is 0 Å². The number of phenols is 2. The minimum absolute atomic E-state index is 0.00645. The molecule has 2 saturated carbocycles. The second kappa shape index (κ2) is 21.7. The Bertz CT molecular complexity index is 2440. The Hall–Kier alpha value is -5.76. The van der Waals surface area contributed by atoms with Gasteiger partial charge in [0.2, 0.25) is 11.6 Å². The molecule has 0 amide bonds. The van der Waals surface area contributed by atoms with Gasteiger partial charge in [0.15, 0.2) is 23.0 Å². The lowest BCUT2D eigenvalue weighted by molar-refractivity contribution is 0.0974. The molecule has 3 aliphatic carbocycles. The second-order valence-corrected chi connectivity index (χ2v) is 19.4. The van der Waals surface area contributed by atoms with Crippen molar-refractivity contribution in [1.29, 1.82) is 0 Å². The van der Waals surface area contributed by atoms with Crippen LogP contribution < -0.4 is 20.5 Å². The predicted octanol–water partition coefficient (Wildman–Crippen LogP) is 15.8. The number of anilines is 3. The molecule has 66 heavy (non-hydrogen) atoms. The predicted molar refractivity (Wildman–Crippen MR) is 267 cm³/mol. The van der Waals surface area contributed by atoms with E-state index < -0.39 is 23.1 Å². The van der Waals surface area contributed by atoms with Crippen molar-refractivity contribution < 1.29 is 29.3 Å². The number of aromatic hydroxyl groups is 2. The third kappa shape index (κ3) is 10.6. The van der Waals surface area contributed by atoms with Gasteiger partial charge in [0, 0.05) is 23.5 Å². The molecule has 8 rings (SSSR count). The van der Waals surface area contributed by atoms with Crippen molar-refractivity contribution in [1.82, 2.24) is 0 Å². The summed E-state index contributed by atoms with van der Waals surface area (Å²) in [6.45, 7) is 6.67. The molecule has 5 aromatic carbocycles. The van der Waals surface area contributed by atoms with Gasteiger partial charge in [0.1, 0.15) is 11.5 Å². The van der Waals surface area contributed by atoms with Crippen LogP contribution in [0.1, 0.15) is 197 Å². The highest BCUT2D eigenvalue weighted by Gasteiger charge is 2.41. The number of hydrogen-bond donors (Lipinski definition) is 4. The molecule has 0 saturated heterocycles. The zero-order valence-corrected chi connectivity index (χ0v) is 39.4. The van der Waals surface area contributed by atoms with E-state index in [2.05, 4.69) is 50.4 Å². The molecule has 5 aromatic rings. The highest BCUT2D eigenvalue weighted by Crippen LogP contribution is 2.50. The zero-order chi connectivity index (χ0) is 46.2. The fourth-order valence-corrected chi connectivity index (χ4v) is 10.8. The van der Waals surface area contributed by atoms with Gasteiger partial charge in [-0.1, -0.05) is 115 Å². The van der Waals surface area contributed by atoms with E-state index in [-0.39, 0.29) is 45.1 Å². The monoisotopic (exact) mass is 891 g/mol. The number of nitrogens with one attached hydrogen (secondary N) is 1. The number of carbonyl (C=O) groups is 2. The average molecular weight is 891 g/mol. The van der Waals surface area contributed by atoms with Crippen molar-refractivity contribution in [3.05, 3.63) is 124 Å². The number of aryl methyl sites for hydroxylation is 1. The number of unbranched alkanes of at least 4 members (excludes halogenated alkanes) is 5. The Morgan fingerprint density at radius 2 is 1.00 bits per heavy atom. The molecule has 2 fully saturated rings. The Balaban J connectivity index is 1.05. The van der Waals surface area contributed by atoms with E-state index in [9.17, 15) is 19.8 Å². The molecular formula is C58H70N2O6. The SMILES string of the molecule is CCCCCC1CCC(c2ccc(Oc3cc(N)c4c(c3O)C(=O)c3c(Nc5ccc(CCCC)cc5)cc(Oc5ccc(C6CCC(CCCCC)CC6)cc5)c(O)c3C4=O)cc2)CC1. The summed E-state index contributed by atoms with van der Waals surface area (Å²) in [6, 6.07) is 26.7. The van der Waals surface area contributed by atoms with Gasteiger partial charge in [-0.05, 0) is 141 Å². The third-order valence-electron chi connectivity index (χ3n) is 14.8. The van der Waals surface area contributed by atoms with Crippen LogP contribution in [0.15, 0.2) is 84.9 Å². The normalized spacial score (nSPS) is 19.3. The fourth-order valence-electron chi connectivity index (χ4n) is 10.8. The molecule has 0 aromatic heterocycles. The molecular weight excluding hydrogens is 821 g/mol. The summed E-state index contributed by atoms with van der Waals surface area (Å²) in [5, 5.41) is 27.1. The lowest BCUT2D eigenvalue weighted by Gasteiger charge is -2.29. The lowest BCUT2D eigenvalue weighted by Crippen LogP contribution is -2.24. The van der Waals surface area contributed by atoms with Crippen LogP contribution >= 0.6 is 0 Å². The van der Waals surface area contributed by atoms with E-state index in [0.29, 0.717) is 29.0 Å². The van der Waals surface area contributed by atoms with Crippen molar-refractivity contribution in [2.75, 3.05) is 11.1 Å². The molecule has 8 heteroatoms. The number of hydrogen-bond acceptors (Lipinski definition) is 8. The number of benzene rings is 5. The summed E-state index contributed by atoms with van der Waals surface area (Å²) in [5.41, 5.74) is 10.4. The van der Waals surface area contributed by atoms with E-state index in [1.165, 1.54) is 125 Å². The van der Waals surface area contributed by atoms with Gasteiger partial charge in [0.25, 0.3) is 0 Å². The number of phenolic OH excluding ortho intramolecular Hbond substituents is 2. The first-order valence-corrected chi connectivity index (χ1v) is 25.2. The van der Waals surface area contributed by atoms with Crippen molar-refractivity contribution in [2.24, 2.45) is 11.8 Å². The summed E-state index contributed by atoms with van der Waals surface area (Å²) >= 11 is 0. The number of ketones is 2. The van der Waals surface area contributed by atoms with Gasteiger partial charge in [-0.3, -0.25) is 9.59 Å². The van der Waals surface area contributed by atoms with Crippen LogP contribution in [-0.4, -0.2) is 21.8 Å². The smallest absolute Gasteiger partial charge is 0.200 e. The maximum Gasteiger partial charge on any atom is 0.200 e. The highest BCUT2D eigenvalue weighted by atomic mass is 16.5. The van der Waals surface area contributed by atoms with Gasteiger partial charge < -0.3 is 30.7 Å². The Morgan fingerprint density at radius 3 is 1.48 bits per heavy atom. The number of ether oxygens (including phenoxy) is 2. The average Bonchev–Trinajstić information content (AvgIpc) is 3.33. The van der Waals surface area contributed by atoms with Gasteiger partial charge in [-0.2, -0.15) is 0 Å². The summed E-state index contributed by atoms with van der Waals surface area (Å²) in [6.07, 6.45) is 23.3. The van der Waals surface area contributed by atoms with E-state index in [0.717, 1.165) is 31.1 Å². The first-order chi connectivity index (χ1) is 32.1. The molecule has 0 heterocycles. The maximum absolute atomic E-state index is 14.8. The van der Waals surface area contributed by atoms with Gasteiger partial charge >= 0.3 is 0 Å². The second-order valence-electron chi connectivity index (χ2n) is 19.4. The molecule has 0 atom stereocenters. The molecule has 0 spiro atoms. The van der Waals surface area contributed by atoms with Crippen molar-refractivity contribution in [3.8, 4) is 34.5 Å². The highest BCUT2D eigenvalue weighted by molar-refractivity contribution is 6.34. The minimum atomic E-state index is -0.704. The maximum atomic E-state index is 14.8. The summed E-state index contributed by atoms with van der Waals surface area (Å²) in [7, 11) is 0. The molecule has 0 aliphatic heterocycles. The van der Waals surface area contributed by atoms with Crippen LogP contribution in [0.5, 0.6) is 34.5 Å². The van der Waals surface area contributed by atoms with Gasteiger partial charge in [0.05, 0.1) is 27.9 Å². The zero-order valence-electron chi connectivity index (χ0n) is 39.4. The van der Waals surface area contributed by atoms with E-state index in [1.807, 2.05) is 48.5 Å². The number of fused-ring (bicyclic) bond motifs is 2. The first-order valence-electron chi connectivity index (χ1n) is 25.2. The van der Waals surface area contributed by atoms with Crippen molar-refractivity contribution >= 4 is 28.6 Å². The van der Waals surface area contributed by atoms with Crippen LogP contribution in [0.3, 0.4) is 0 Å². The fraction of sp³-hybridized carbons (Fsp3) is 0.448. The van der Waals surface area contributed by atoms with Crippen LogP contribution in [-0.2, 0) is 6.42 Å². The molecule has 348 valence electrons. The van der Waals surface area contributed by atoms with Crippen LogP contribution in [0.25, 0.3) is 0 Å². The number of nitrogens with two attached hydrogens (primary N) is 1. The third-order valence-corrected chi connectivity index (χ3v) is 14.8. The van der Waals surface area contributed by atoms with Gasteiger partial charge in [-0.25, -0.2) is 0 Å². The number of nitrogen functional groups attached to an aromatic ring is 1. The topological polar surface area (TPSA) is 131 Å². The molecule has 8 nitrogen and oxygen atoms in total. The van der Waals surface area contributed by atoms with E-state index in [1.54, 1.807) is 6.07 Å². The first kappa shape index (κ1) is 46.8. The Labute approximate surface area is 392 Å². The molecule has 0 bridgehead atoms. The molecule has 3 aliphatic rings. The lowest BCUT2D eigenvalue weighted by atomic mass is 9.77.